The van der Waals surface area contributed by atoms with Gasteiger partial charge in [-0.2, -0.15) is 0 Å². The molecule has 0 radical (unpaired) electrons. The molecule has 5 heteroatoms. The number of rotatable bonds is 4. The summed E-state index contributed by atoms with van der Waals surface area (Å²) in [5.74, 6) is 0.264. The highest BCUT2D eigenvalue weighted by Crippen LogP contribution is 2.42. The highest BCUT2D eigenvalue weighted by molar-refractivity contribution is 7.10. The van der Waals surface area contributed by atoms with Crippen molar-refractivity contribution < 1.29 is 14.3 Å². The Morgan fingerprint density at radius 3 is 3.00 bits per heavy atom. The second kappa shape index (κ2) is 6.46. The molecule has 1 atom stereocenters. The molecule has 3 heterocycles. The number of piperidine rings is 1. The Hall–Kier alpha value is -0.910. The van der Waals surface area contributed by atoms with Gasteiger partial charge in [-0.1, -0.05) is 6.07 Å². The Balaban J connectivity index is 1.50. The fourth-order valence-electron chi connectivity index (χ4n) is 3.44. The molecule has 2 aliphatic heterocycles. The summed E-state index contributed by atoms with van der Waals surface area (Å²) in [7, 11) is 1.72. The number of amides is 1. The number of hydrogen-bond acceptors (Lipinski definition) is 4. The van der Waals surface area contributed by atoms with E-state index in [9.17, 15) is 4.79 Å². The summed E-state index contributed by atoms with van der Waals surface area (Å²) < 4.78 is 11.0. The monoisotopic (exact) mass is 309 g/mol. The minimum Gasteiger partial charge on any atom is -0.382 e. The van der Waals surface area contributed by atoms with E-state index >= 15 is 0 Å². The maximum Gasteiger partial charge on any atom is 0.227 e. The van der Waals surface area contributed by atoms with Crippen LogP contribution in [0.25, 0.3) is 0 Å². The summed E-state index contributed by atoms with van der Waals surface area (Å²) in [5, 5.41) is 2.03. The van der Waals surface area contributed by atoms with Gasteiger partial charge in [-0.25, -0.2) is 0 Å². The molecule has 0 bridgehead atoms. The standard InChI is InChI=1S/C16H23NO3S/c1-19-11-13-10-16(12-20-13)4-6-17(7-5-16)15(18)9-14-3-2-8-21-14/h2-3,8,13H,4-7,9-12H2,1H3/t13-/m0/s1. The van der Waals surface area contributed by atoms with Crippen LogP contribution in [0, 0.1) is 5.41 Å². The molecule has 1 aromatic heterocycles. The lowest BCUT2D eigenvalue weighted by Crippen LogP contribution is -2.44. The van der Waals surface area contributed by atoms with E-state index in [2.05, 4.69) is 0 Å². The zero-order valence-electron chi connectivity index (χ0n) is 12.5. The van der Waals surface area contributed by atoms with Gasteiger partial charge in [-0.05, 0) is 36.1 Å². The third-order valence-corrected chi connectivity index (χ3v) is 5.60. The van der Waals surface area contributed by atoms with Crippen LogP contribution >= 0.6 is 11.3 Å². The van der Waals surface area contributed by atoms with Gasteiger partial charge in [-0.15, -0.1) is 11.3 Å². The summed E-state index contributed by atoms with van der Waals surface area (Å²) in [5.41, 5.74) is 0.281. The topological polar surface area (TPSA) is 38.8 Å². The lowest BCUT2D eigenvalue weighted by atomic mass is 9.76. The third kappa shape index (κ3) is 3.47. The Labute approximate surface area is 130 Å². The molecule has 2 aliphatic rings. The van der Waals surface area contributed by atoms with Gasteiger partial charge >= 0.3 is 0 Å². The minimum absolute atomic E-state index is 0.239. The normalized spacial score (nSPS) is 24.6. The lowest BCUT2D eigenvalue weighted by molar-refractivity contribution is -0.132. The first-order chi connectivity index (χ1) is 10.2. The molecule has 2 fully saturated rings. The molecule has 116 valence electrons. The minimum atomic E-state index is 0.239. The van der Waals surface area contributed by atoms with Crippen molar-refractivity contribution in [2.75, 3.05) is 33.4 Å². The van der Waals surface area contributed by atoms with E-state index < -0.39 is 0 Å². The molecular weight excluding hydrogens is 286 g/mol. The summed E-state index contributed by atoms with van der Waals surface area (Å²) in [6.07, 6.45) is 3.98. The molecule has 0 N–H and O–H groups in total. The van der Waals surface area contributed by atoms with Gasteiger partial charge in [0.05, 0.1) is 25.7 Å². The summed E-state index contributed by atoms with van der Waals surface area (Å²) in [6, 6.07) is 4.04. The zero-order chi connectivity index (χ0) is 14.7. The second-order valence-electron chi connectivity index (χ2n) is 6.23. The molecule has 3 rings (SSSR count). The third-order valence-electron chi connectivity index (χ3n) is 4.72. The Morgan fingerprint density at radius 2 is 2.33 bits per heavy atom. The fraction of sp³-hybridized carbons (Fsp3) is 0.688. The van der Waals surface area contributed by atoms with E-state index in [0.717, 1.165) is 43.8 Å². The summed E-state index contributed by atoms with van der Waals surface area (Å²) in [4.78, 5) is 15.5. The Kier molecular flexibility index (Phi) is 4.62. The van der Waals surface area contributed by atoms with Crippen molar-refractivity contribution in [3.05, 3.63) is 22.4 Å². The van der Waals surface area contributed by atoms with E-state index in [1.165, 1.54) is 0 Å². The maximum atomic E-state index is 12.3. The van der Waals surface area contributed by atoms with Crippen LogP contribution < -0.4 is 0 Å². The van der Waals surface area contributed by atoms with Crippen molar-refractivity contribution in [1.82, 2.24) is 4.90 Å². The first kappa shape index (κ1) is 15.0. The van der Waals surface area contributed by atoms with Crippen molar-refractivity contribution in [2.24, 2.45) is 5.41 Å². The molecule has 0 aliphatic carbocycles. The second-order valence-corrected chi connectivity index (χ2v) is 7.26. The first-order valence-electron chi connectivity index (χ1n) is 7.61. The Morgan fingerprint density at radius 1 is 1.52 bits per heavy atom. The Bertz CT molecular complexity index is 466. The summed E-state index contributed by atoms with van der Waals surface area (Å²) in [6.45, 7) is 3.25. The van der Waals surface area contributed by atoms with Crippen molar-refractivity contribution in [3.8, 4) is 0 Å². The SMILES string of the molecule is COC[C@@H]1CC2(CCN(C(=O)Cc3cccs3)CC2)CO1. The largest absolute Gasteiger partial charge is 0.382 e. The molecule has 1 spiro atoms. The van der Waals surface area contributed by atoms with Gasteiger partial charge in [-0.3, -0.25) is 4.79 Å². The molecule has 0 unspecified atom stereocenters. The number of ether oxygens (including phenoxy) is 2. The van der Waals surface area contributed by atoms with E-state index in [4.69, 9.17) is 9.47 Å². The van der Waals surface area contributed by atoms with Gasteiger partial charge in [0.15, 0.2) is 0 Å². The van der Waals surface area contributed by atoms with Crippen molar-refractivity contribution in [1.29, 1.82) is 0 Å². The molecule has 4 nitrogen and oxygen atoms in total. The smallest absolute Gasteiger partial charge is 0.227 e. The van der Waals surface area contributed by atoms with Crippen LogP contribution in [0.2, 0.25) is 0 Å². The van der Waals surface area contributed by atoms with Crippen LogP contribution in [-0.4, -0.2) is 50.3 Å². The quantitative estimate of drug-likeness (QED) is 0.857. The predicted octanol–water partition coefficient (Wildman–Crippen LogP) is 2.33. The van der Waals surface area contributed by atoms with E-state index in [-0.39, 0.29) is 17.4 Å². The van der Waals surface area contributed by atoms with Gasteiger partial charge in [0.25, 0.3) is 0 Å². The lowest BCUT2D eigenvalue weighted by Gasteiger charge is -2.38. The molecule has 0 saturated carbocycles. The average Bonchev–Trinajstić information content (AvgIpc) is 3.11. The van der Waals surface area contributed by atoms with Gasteiger partial charge in [0.2, 0.25) is 5.91 Å². The van der Waals surface area contributed by atoms with Crippen molar-refractivity contribution >= 4 is 17.2 Å². The molecule has 0 aromatic carbocycles. The molecule has 2 saturated heterocycles. The number of carbonyl (C=O) groups is 1. The van der Waals surface area contributed by atoms with Gasteiger partial charge < -0.3 is 14.4 Å². The van der Waals surface area contributed by atoms with Crippen molar-refractivity contribution in [2.45, 2.75) is 31.8 Å². The number of carbonyl (C=O) groups excluding carboxylic acids is 1. The van der Waals surface area contributed by atoms with Crippen LogP contribution in [0.5, 0.6) is 0 Å². The number of likely N-dealkylation sites (tertiary alicyclic amines) is 1. The molecule has 21 heavy (non-hydrogen) atoms. The molecule has 1 amide bonds. The maximum absolute atomic E-state index is 12.3. The first-order valence-corrected chi connectivity index (χ1v) is 8.49. The number of nitrogens with zero attached hydrogens (tertiary/aromatic N) is 1. The van der Waals surface area contributed by atoms with E-state index in [1.54, 1.807) is 18.4 Å². The number of methoxy groups -OCH3 is 1. The van der Waals surface area contributed by atoms with Gasteiger partial charge in [0.1, 0.15) is 0 Å². The number of thiophene rings is 1. The highest BCUT2D eigenvalue weighted by Gasteiger charge is 2.42. The number of hydrogen-bond donors (Lipinski definition) is 0. The van der Waals surface area contributed by atoms with Crippen LogP contribution in [0.3, 0.4) is 0 Å². The van der Waals surface area contributed by atoms with E-state index in [0.29, 0.717) is 13.0 Å². The van der Waals surface area contributed by atoms with Crippen LogP contribution in [0.1, 0.15) is 24.1 Å². The van der Waals surface area contributed by atoms with Gasteiger partial charge in [0, 0.05) is 25.1 Å². The van der Waals surface area contributed by atoms with Crippen molar-refractivity contribution in [3.63, 3.8) is 0 Å². The molecular formula is C16H23NO3S. The van der Waals surface area contributed by atoms with E-state index in [1.807, 2.05) is 22.4 Å². The van der Waals surface area contributed by atoms with Crippen LogP contribution in [-0.2, 0) is 20.7 Å². The fourth-order valence-corrected chi connectivity index (χ4v) is 4.14. The van der Waals surface area contributed by atoms with Crippen LogP contribution in [0.15, 0.2) is 17.5 Å². The summed E-state index contributed by atoms with van der Waals surface area (Å²) >= 11 is 1.66. The highest BCUT2D eigenvalue weighted by atomic mass is 32.1. The van der Waals surface area contributed by atoms with Crippen LogP contribution in [0.4, 0.5) is 0 Å². The molecule has 1 aromatic rings. The zero-order valence-corrected chi connectivity index (χ0v) is 13.4. The predicted molar refractivity (Wildman–Crippen MR) is 82.5 cm³/mol. The average molecular weight is 309 g/mol.